The Kier molecular flexibility index (Phi) is 3.39. The third-order valence-electron chi connectivity index (χ3n) is 2.68. The van der Waals surface area contributed by atoms with Gasteiger partial charge in [0.1, 0.15) is 5.83 Å². The second-order valence-corrected chi connectivity index (χ2v) is 4.19. The van der Waals surface area contributed by atoms with E-state index in [0.29, 0.717) is 12.1 Å². The van der Waals surface area contributed by atoms with Gasteiger partial charge in [-0.15, -0.1) is 6.58 Å². The highest BCUT2D eigenvalue weighted by atomic mass is 19.2. The maximum Gasteiger partial charge on any atom is 0.232 e. The summed E-state index contributed by atoms with van der Waals surface area (Å²) < 4.78 is 26.8. The van der Waals surface area contributed by atoms with Crippen molar-refractivity contribution in [3.05, 3.63) is 60.2 Å². The highest BCUT2D eigenvalue weighted by molar-refractivity contribution is 5.74. The second kappa shape index (κ2) is 4.82. The fourth-order valence-corrected chi connectivity index (χ4v) is 1.77. The highest BCUT2D eigenvalue weighted by Gasteiger charge is 2.29. The summed E-state index contributed by atoms with van der Waals surface area (Å²) in [6, 6.07) is 3.48. The smallest absolute Gasteiger partial charge is 0.232 e. The molecule has 0 fully saturated rings. The van der Waals surface area contributed by atoms with Crippen LogP contribution >= 0.6 is 0 Å². The normalized spacial score (nSPS) is 23.3. The summed E-state index contributed by atoms with van der Waals surface area (Å²) in [5.41, 5.74) is 1.60. The molecule has 94 valence electrons. The van der Waals surface area contributed by atoms with Gasteiger partial charge in [0, 0.05) is 11.8 Å². The van der Waals surface area contributed by atoms with Crippen LogP contribution in [-0.2, 0) is 6.42 Å². The Bertz CT molecular complexity index is 515. The Hall–Kier alpha value is -1.81. The van der Waals surface area contributed by atoms with Gasteiger partial charge in [-0.2, -0.15) is 0 Å². The number of halogens is 2. The first-order valence-corrected chi connectivity index (χ1v) is 5.57. The van der Waals surface area contributed by atoms with Crippen LogP contribution in [0.1, 0.15) is 17.7 Å². The maximum atomic E-state index is 13.7. The van der Waals surface area contributed by atoms with Crippen LogP contribution in [0.4, 0.5) is 8.78 Å². The van der Waals surface area contributed by atoms with Crippen molar-refractivity contribution in [3.8, 4) is 0 Å². The van der Waals surface area contributed by atoms with Gasteiger partial charge in [-0.3, -0.25) is 4.98 Å². The summed E-state index contributed by atoms with van der Waals surface area (Å²) in [5.74, 6) is -3.30. The SMILES string of the molecule is C=CCc1ccc(C2=C(F)CC(O)(F)C=C2)nc1. The molecule has 1 aliphatic carbocycles. The summed E-state index contributed by atoms with van der Waals surface area (Å²) >= 11 is 0. The van der Waals surface area contributed by atoms with E-state index in [-0.39, 0.29) is 5.57 Å². The quantitative estimate of drug-likeness (QED) is 0.835. The van der Waals surface area contributed by atoms with E-state index in [2.05, 4.69) is 11.6 Å². The summed E-state index contributed by atoms with van der Waals surface area (Å²) in [4.78, 5) is 4.12. The lowest BCUT2D eigenvalue weighted by atomic mass is 9.99. The number of allylic oxidation sites excluding steroid dienone is 3. The molecule has 0 saturated heterocycles. The van der Waals surface area contributed by atoms with Gasteiger partial charge in [0.2, 0.25) is 5.85 Å². The van der Waals surface area contributed by atoms with Gasteiger partial charge in [0.15, 0.2) is 0 Å². The summed E-state index contributed by atoms with van der Waals surface area (Å²) in [6.07, 6.45) is 5.55. The lowest BCUT2D eigenvalue weighted by molar-refractivity contribution is -0.0445. The number of hydrogen-bond donors (Lipinski definition) is 1. The molecule has 1 unspecified atom stereocenters. The summed E-state index contributed by atoms with van der Waals surface area (Å²) in [7, 11) is 0. The van der Waals surface area contributed by atoms with E-state index in [4.69, 9.17) is 5.11 Å². The Balaban J connectivity index is 2.27. The number of rotatable bonds is 3. The van der Waals surface area contributed by atoms with Gasteiger partial charge in [0.25, 0.3) is 0 Å². The summed E-state index contributed by atoms with van der Waals surface area (Å²) in [6.45, 7) is 3.62. The van der Waals surface area contributed by atoms with Crippen molar-refractivity contribution >= 4 is 5.57 Å². The molecular weight excluding hydrogens is 236 g/mol. The Morgan fingerprint density at radius 3 is 2.83 bits per heavy atom. The maximum absolute atomic E-state index is 13.7. The Morgan fingerprint density at radius 1 is 1.50 bits per heavy atom. The molecule has 1 N–H and O–H groups in total. The number of aliphatic hydroxyl groups is 1. The molecule has 0 saturated carbocycles. The molecule has 2 nitrogen and oxygen atoms in total. The lowest BCUT2D eigenvalue weighted by Gasteiger charge is -2.19. The molecule has 1 atom stereocenters. The lowest BCUT2D eigenvalue weighted by Crippen LogP contribution is -2.21. The topological polar surface area (TPSA) is 33.1 Å². The average Bonchev–Trinajstić information content (AvgIpc) is 2.30. The first kappa shape index (κ1) is 12.6. The van der Waals surface area contributed by atoms with E-state index in [1.54, 1.807) is 18.3 Å². The average molecular weight is 249 g/mol. The molecule has 1 aromatic rings. The van der Waals surface area contributed by atoms with Gasteiger partial charge in [-0.25, -0.2) is 8.78 Å². The fourth-order valence-electron chi connectivity index (χ4n) is 1.77. The summed E-state index contributed by atoms with van der Waals surface area (Å²) in [5, 5.41) is 9.06. The van der Waals surface area contributed by atoms with E-state index >= 15 is 0 Å². The first-order valence-electron chi connectivity index (χ1n) is 5.57. The molecule has 2 rings (SSSR count). The van der Waals surface area contributed by atoms with E-state index in [9.17, 15) is 8.78 Å². The van der Waals surface area contributed by atoms with E-state index < -0.39 is 18.1 Å². The van der Waals surface area contributed by atoms with Gasteiger partial charge >= 0.3 is 0 Å². The molecule has 0 bridgehead atoms. The zero-order valence-electron chi connectivity index (χ0n) is 9.74. The van der Waals surface area contributed by atoms with Gasteiger partial charge in [-0.05, 0) is 30.2 Å². The molecule has 1 aliphatic rings. The molecule has 0 aliphatic heterocycles. The van der Waals surface area contributed by atoms with Crippen molar-refractivity contribution in [1.29, 1.82) is 0 Å². The van der Waals surface area contributed by atoms with Crippen LogP contribution in [0.3, 0.4) is 0 Å². The van der Waals surface area contributed by atoms with Gasteiger partial charge in [-0.1, -0.05) is 12.1 Å². The number of aromatic nitrogens is 1. The largest absolute Gasteiger partial charge is 0.358 e. The van der Waals surface area contributed by atoms with Crippen LogP contribution in [0.15, 0.2) is 49.0 Å². The molecular formula is C14H13F2NO. The van der Waals surface area contributed by atoms with Crippen molar-refractivity contribution in [1.82, 2.24) is 4.98 Å². The number of hydrogen-bond acceptors (Lipinski definition) is 2. The molecule has 0 amide bonds. The minimum atomic E-state index is -2.60. The standard InChI is InChI=1S/C14H13F2NO/c1-2-3-10-4-5-13(17-9-10)11-6-7-14(16,18)8-12(11)15/h2,4-7,9,18H,1,3,8H2. The minimum absolute atomic E-state index is 0.211. The first-order chi connectivity index (χ1) is 8.52. The second-order valence-electron chi connectivity index (χ2n) is 4.19. The zero-order valence-corrected chi connectivity index (χ0v) is 9.74. The molecule has 4 heteroatoms. The molecule has 1 aromatic heterocycles. The van der Waals surface area contributed by atoms with Crippen LogP contribution in [0, 0.1) is 0 Å². The van der Waals surface area contributed by atoms with Crippen LogP contribution in [0.2, 0.25) is 0 Å². The molecule has 0 spiro atoms. The third-order valence-corrected chi connectivity index (χ3v) is 2.68. The number of pyridine rings is 1. The van der Waals surface area contributed by atoms with E-state index in [1.807, 2.05) is 6.07 Å². The van der Waals surface area contributed by atoms with Crippen molar-refractivity contribution < 1.29 is 13.9 Å². The van der Waals surface area contributed by atoms with Crippen LogP contribution in [0.25, 0.3) is 5.57 Å². The van der Waals surface area contributed by atoms with Crippen LogP contribution < -0.4 is 0 Å². The van der Waals surface area contributed by atoms with Crippen molar-refractivity contribution in [2.75, 3.05) is 0 Å². The highest BCUT2D eigenvalue weighted by Crippen LogP contribution is 2.33. The monoisotopic (exact) mass is 249 g/mol. The van der Waals surface area contributed by atoms with Crippen LogP contribution in [0.5, 0.6) is 0 Å². The molecule has 1 heterocycles. The van der Waals surface area contributed by atoms with Gasteiger partial charge in [0.05, 0.1) is 12.1 Å². The molecule has 0 aromatic carbocycles. The van der Waals surface area contributed by atoms with Gasteiger partial charge < -0.3 is 5.11 Å². The predicted octanol–water partition coefficient (Wildman–Crippen LogP) is 3.11. The van der Waals surface area contributed by atoms with Crippen molar-refractivity contribution in [3.63, 3.8) is 0 Å². The van der Waals surface area contributed by atoms with Crippen LogP contribution in [-0.4, -0.2) is 15.9 Å². The molecule has 0 radical (unpaired) electrons. The van der Waals surface area contributed by atoms with E-state index in [1.165, 1.54) is 6.08 Å². The molecule has 18 heavy (non-hydrogen) atoms. The third kappa shape index (κ3) is 2.71. The fraction of sp³-hybridized carbons (Fsp3) is 0.214. The van der Waals surface area contributed by atoms with Crippen molar-refractivity contribution in [2.45, 2.75) is 18.7 Å². The number of alkyl halides is 1. The minimum Gasteiger partial charge on any atom is -0.358 e. The van der Waals surface area contributed by atoms with E-state index in [0.717, 1.165) is 11.6 Å². The Morgan fingerprint density at radius 2 is 2.28 bits per heavy atom. The van der Waals surface area contributed by atoms with Crippen molar-refractivity contribution in [2.24, 2.45) is 0 Å². The zero-order chi connectivity index (χ0) is 13.2. The predicted molar refractivity (Wildman–Crippen MR) is 66.0 cm³/mol. The number of nitrogens with zero attached hydrogens (tertiary/aromatic N) is 1. The Labute approximate surface area is 104 Å².